The molecule has 1 unspecified atom stereocenters. The average Bonchev–Trinajstić information content (AvgIpc) is 3.01. The fraction of sp³-hybridized carbons (Fsp3) is 0.353. The van der Waals surface area contributed by atoms with Crippen molar-refractivity contribution >= 4 is 16.1 Å². The molecule has 0 radical (unpaired) electrons. The maximum atomic E-state index is 12.6. The summed E-state index contributed by atoms with van der Waals surface area (Å²) < 4.78 is 28.4. The number of rotatable bonds is 4. The fourth-order valence-corrected chi connectivity index (χ4v) is 4.15. The van der Waals surface area contributed by atoms with Crippen LogP contribution < -0.4 is 0 Å². The van der Waals surface area contributed by atoms with Gasteiger partial charge in [0, 0.05) is 37.7 Å². The van der Waals surface area contributed by atoms with E-state index < -0.39 is 10.0 Å². The number of sulfonamides is 1. The van der Waals surface area contributed by atoms with Crippen molar-refractivity contribution in [2.75, 3.05) is 13.1 Å². The molecule has 1 fully saturated rings. The molecule has 23 heavy (non-hydrogen) atoms. The average molecular weight is 331 g/mol. The zero-order valence-corrected chi connectivity index (χ0v) is 14.0. The van der Waals surface area contributed by atoms with Crippen LogP contribution in [0, 0.1) is 0 Å². The summed E-state index contributed by atoms with van der Waals surface area (Å²) in [4.78, 5) is 0. The van der Waals surface area contributed by atoms with Crippen molar-refractivity contribution in [3.63, 3.8) is 0 Å². The lowest BCUT2D eigenvalue weighted by molar-refractivity contribution is 0.315. The highest BCUT2D eigenvalue weighted by molar-refractivity contribution is 7.92. The van der Waals surface area contributed by atoms with Crippen LogP contribution in [-0.4, -0.2) is 35.6 Å². The van der Waals surface area contributed by atoms with Gasteiger partial charge >= 0.3 is 0 Å². The smallest absolute Gasteiger partial charge is 0.236 e. The monoisotopic (exact) mass is 331 g/mol. The summed E-state index contributed by atoms with van der Waals surface area (Å²) in [6.45, 7) is 1.07. The van der Waals surface area contributed by atoms with Crippen LogP contribution in [0.3, 0.4) is 0 Å². The van der Waals surface area contributed by atoms with E-state index in [2.05, 4.69) is 5.10 Å². The Morgan fingerprint density at radius 2 is 2.00 bits per heavy atom. The second-order valence-electron chi connectivity index (χ2n) is 5.87. The van der Waals surface area contributed by atoms with Crippen LogP contribution in [0.1, 0.15) is 30.0 Å². The van der Waals surface area contributed by atoms with Gasteiger partial charge in [-0.25, -0.2) is 8.42 Å². The minimum atomic E-state index is -3.40. The second-order valence-corrected chi connectivity index (χ2v) is 7.69. The van der Waals surface area contributed by atoms with Gasteiger partial charge in [-0.15, -0.1) is 0 Å². The number of nitrogens with zero attached hydrogens (tertiary/aromatic N) is 3. The lowest BCUT2D eigenvalue weighted by atomic mass is 9.96. The van der Waals surface area contributed by atoms with Crippen LogP contribution in [-0.2, 0) is 17.1 Å². The normalized spacial score (nSPS) is 20.1. The first kappa shape index (κ1) is 16.0. The van der Waals surface area contributed by atoms with Crippen molar-refractivity contribution in [1.82, 2.24) is 14.1 Å². The maximum Gasteiger partial charge on any atom is 0.236 e. The Labute approximate surface area is 137 Å². The van der Waals surface area contributed by atoms with Crippen LogP contribution in [0.25, 0.3) is 6.08 Å². The van der Waals surface area contributed by atoms with Crippen LogP contribution in [0.2, 0.25) is 0 Å². The predicted molar refractivity (Wildman–Crippen MR) is 91.2 cm³/mol. The second kappa shape index (κ2) is 6.68. The molecule has 1 aromatic carbocycles. The molecule has 2 aromatic rings. The first-order valence-electron chi connectivity index (χ1n) is 7.77. The summed E-state index contributed by atoms with van der Waals surface area (Å²) >= 11 is 0. The number of hydrogen-bond donors (Lipinski definition) is 0. The van der Waals surface area contributed by atoms with Gasteiger partial charge in [0.1, 0.15) is 0 Å². The summed E-state index contributed by atoms with van der Waals surface area (Å²) in [5.41, 5.74) is 1.86. The number of piperidine rings is 1. The van der Waals surface area contributed by atoms with Gasteiger partial charge in [-0.1, -0.05) is 30.3 Å². The molecule has 0 aliphatic carbocycles. The molecule has 2 heterocycles. The van der Waals surface area contributed by atoms with Crippen molar-refractivity contribution in [3.05, 3.63) is 59.3 Å². The van der Waals surface area contributed by atoms with E-state index in [0.717, 1.165) is 24.1 Å². The number of benzene rings is 1. The Morgan fingerprint density at radius 3 is 2.70 bits per heavy atom. The quantitative estimate of drug-likeness (QED) is 0.865. The summed E-state index contributed by atoms with van der Waals surface area (Å²) in [5, 5.41) is 5.73. The Kier molecular flexibility index (Phi) is 4.63. The molecule has 1 aromatic heterocycles. The van der Waals surface area contributed by atoms with Gasteiger partial charge < -0.3 is 0 Å². The van der Waals surface area contributed by atoms with Crippen molar-refractivity contribution in [3.8, 4) is 0 Å². The summed E-state index contributed by atoms with van der Waals surface area (Å²) in [6, 6.07) is 11.4. The number of aryl methyl sites for hydroxylation is 1. The standard InChI is InChI=1S/C17H21N3O2S/c1-19-12-9-17(18-19)16-8-5-11-20(14-16)23(21,22)13-10-15-6-3-2-4-7-15/h2-4,6-7,9-10,12-13,16H,5,8,11,14H2,1H3. The number of hydrogen-bond acceptors (Lipinski definition) is 3. The minimum absolute atomic E-state index is 0.171. The Morgan fingerprint density at radius 1 is 1.22 bits per heavy atom. The third kappa shape index (κ3) is 3.89. The fourth-order valence-electron chi connectivity index (χ4n) is 2.88. The maximum absolute atomic E-state index is 12.6. The molecular weight excluding hydrogens is 310 g/mol. The van der Waals surface area contributed by atoms with Crippen molar-refractivity contribution in [1.29, 1.82) is 0 Å². The summed E-state index contributed by atoms with van der Waals surface area (Å²) in [6.07, 6.45) is 5.39. The summed E-state index contributed by atoms with van der Waals surface area (Å²) in [7, 11) is -1.52. The molecule has 6 heteroatoms. The molecule has 0 amide bonds. The van der Waals surface area contributed by atoms with E-state index in [9.17, 15) is 8.42 Å². The van der Waals surface area contributed by atoms with E-state index >= 15 is 0 Å². The molecule has 0 bridgehead atoms. The van der Waals surface area contributed by atoms with E-state index in [-0.39, 0.29) is 5.92 Å². The molecule has 0 spiro atoms. The van der Waals surface area contributed by atoms with Gasteiger partial charge in [-0.2, -0.15) is 9.40 Å². The molecule has 1 saturated heterocycles. The van der Waals surface area contributed by atoms with Crippen molar-refractivity contribution < 1.29 is 8.42 Å². The lowest BCUT2D eigenvalue weighted by Gasteiger charge is -2.30. The molecule has 1 aliphatic rings. The largest absolute Gasteiger partial charge is 0.276 e. The molecule has 5 nitrogen and oxygen atoms in total. The molecule has 0 N–H and O–H groups in total. The highest BCUT2D eigenvalue weighted by atomic mass is 32.2. The van der Waals surface area contributed by atoms with E-state index in [1.807, 2.05) is 49.6 Å². The SMILES string of the molecule is Cn1ccc(C2CCCN(S(=O)(=O)C=Cc3ccccc3)C2)n1. The summed E-state index contributed by atoms with van der Waals surface area (Å²) in [5.74, 6) is 0.171. The molecule has 1 atom stereocenters. The molecular formula is C17H21N3O2S. The number of aromatic nitrogens is 2. The van der Waals surface area contributed by atoms with Gasteiger partial charge in [0.25, 0.3) is 0 Å². The molecule has 3 rings (SSSR count). The van der Waals surface area contributed by atoms with E-state index in [4.69, 9.17) is 0 Å². The highest BCUT2D eigenvalue weighted by Crippen LogP contribution is 2.27. The minimum Gasteiger partial charge on any atom is -0.276 e. The van der Waals surface area contributed by atoms with E-state index in [1.165, 1.54) is 5.41 Å². The van der Waals surface area contributed by atoms with Crippen LogP contribution in [0.5, 0.6) is 0 Å². The van der Waals surface area contributed by atoms with E-state index in [1.54, 1.807) is 15.1 Å². The molecule has 1 aliphatic heterocycles. The van der Waals surface area contributed by atoms with Gasteiger partial charge in [-0.05, 0) is 30.5 Å². The zero-order chi connectivity index (χ0) is 16.3. The zero-order valence-electron chi connectivity index (χ0n) is 13.2. The van der Waals surface area contributed by atoms with Crippen molar-refractivity contribution in [2.45, 2.75) is 18.8 Å². The lowest BCUT2D eigenvalue weighted by Crippen LogP contribution is -2.38. The van der Waals surface area contributed by atoms with Crippen LogP contribution in [0.15, 0.2) is 48.0 Å². The Hall–Kier alpha value is -1.92. The predicted octanol–water partition coefficient (Wildman–Crippen LogP) is 2.60. The van der Waals surface area contributed by atoms with Crippen LogP contribution >= 0.6 is 0 Å². The first-order chi connectivity index (χ1) is 11.0. The van der Waals surface area contributed by atoms with Gasteiger partial charge in [-0.3, -0.25) is 4.68 Å². The Bertz CT molecular complexity index is 781. The molecule has 0 saturated carbocycles. The van der Waals surface area contributed by atoms with Gasteiger partial charge in [0.05, 0.1) is 5.69 Å². The Balaban J connectivity index is 1.73. The topological polar surface area (TPSA) is 55.2 Å². The van der Waals surface area contributed by atoms with E-state index in [0.29, 0.717) is 13.1 Å². The van der Waals surface area contributed by atoms with Gasteiger partial charge in [0.15, 0.2) is 0 Å². The van der Waals surface area contributed by atoms with Gasteiger partial charge in [0.2, 0.25) is 10.0 Å². The first-order valence-corrected chi connectivity index (χ1v) is 9.28. The molecule has 122 valence electrons. The third-order valence-electron chi connectivity index (χ3n) is 4.13. The van der Waals surface area contributed by atoms with Crippen LogP contribution in [0.4, 0.5) is 0 Å². The highest BCUT2D eigenvalue weighted by Gasteiger charge is 2.29. The van der Waals surface area contributed by atoms with Crippen molar-refractivity contribution in [2.24, 2.45) is 7.05 Å². The third-order valence-corrected chi connectivity index (χ3v) is 5.66.